The highest BCUT2D eigenvalue weighted by Gasteiger charge is 2.15. The van der Waals surface area contributed by atoms with Gasteiger partial charge in [0.2, 0.25) is 0 Å². The monoisotopic (exact) mass is 307 g/mol. The van der Waals surface area contributed by atoms with Crippen molar-refractivity contribution in [2.24, 2.45) is 0 Å². The molecule has 114 valence electrons. The topological polar surface area (TPSA) is 64.1 Å². The van der Waals surface area contributed by atoms with Gasteiger partial charge in [0, 0.05) is 28.9 Å². The second-order valence-corrected chi connectivity index (χ2v) is 5.69. The molecule has 4 nitrogen and oxygen atoms in total. The van der Waals surface area contributed by atoms with Gasteiger partial charge in [-0.25, -0.2) is 0 Å². The highest BCUT2D eigenvalue weighted by atomic mass is 35.5. The van der Waals surface area contributed by atoms with Crippen LogP contribution in [0, 0.1) is 0 Å². The number of hydrogen-bond donors (Lipinski definition) is 2. The Morgan fingerprint density at radius 2 is 2.00 bits per heavy atom. The second-order valence-electron chi connectivity index (χ2n) is 5.25. The van der Waals surface area contributed by atoms with Gasteiger partial charge >= 0.3 is 0 Å². The lowest BCUT2D eigenvalue weighted by Crippen LogP contribution is -2.09. The van der Waals surface area contributed by atoms with E-state index in [4.69, 9.17) is 17.3 Å². The van der Waals surface area contributed by atoms with E-state index in [2.05, 4.69) is 18.9 Å². The number of aromatic nitrogens is 2. The fraction of sp³-hybridized carbons (Fsp3) is 0.438. The van der Waals surface area contributed by atoms with Crippen molar-refractivity contribution in [2.45, 2.75) is 45.3 Å². The number of aliphatic hydroxyl groups is 1. The Kier molecular flexibility index (Phi) is 5.26. The quantitative estimate of drug-likeness (QED) is 0.799. The Hall–Kier alpha value is -1.52. The molecule has 0 saturated carbocycles. The number of benzene rings is 1. The zero-order valence-electron chi connectivity index (χ0n) is 12.5. The molecular weight excluding hydrogens is 286 g/mol. The van der Waals surface area contributed by atoms with E-state index in [0.29, 0.717) is 28.7 Å². The van der Waals surface area contributed by atoms with E-state index in [9.17, 15) is 5.11 Å². The maximum atomic E-state index is 10.3. The number of halogens is 1. The normalized spacial score (nSPS) is 12.8. The minimum Gasteiger partial charge on any atom is -0.398 e. The molecular formula is C16H22ClN3O. The van der Waals surface area contributed by atoms with Crippen LogP contribution >= 0.6 is 11.6 Å². The van der Waals surface area contributed by atoms with Crippen molar-refractivity contribution in [1.29, 1.82) is 0 Å². The minimum atomic E-state index is -0.674. The highest BCUT2D eigenvalue weighted by Crippen LogP contribution is 2.26. The molecule has 0 fully saturated rings. The van der Waals surface area contributed by atoms with Crippen molar-refractivity contribution in [2.75, 3.05) is 5.73 Å². The van der Waals surface area contributed by atoms with Crippen LogP contribution in [-0.4, -0.2) is 14.9 Å². The lowest BCUT2D eigenvalue weighted by atomic mass is 10.0. The molecule has 1 unspecified atom stereocenters. The van der Waals surface area contributed by atoms with E-state index in [1.807, 2.05) is 16.9 Å². The summed E-state index contributed by atoms with van der Waals surface area (Å²) in [5, 5.41) is 15.5. The van der Waals surface area contributed by atoms with Crippen molar-refractivity contribution < 1.29 is 5.11 Å². The molecule has 21 heavy (non-hydrogen) atoms. The Morgan fingerprint density at radius 3 is 2.62 bits per heavy atom. The van der Waals surface area contributed by atoms with Crippen LogP contribution in [0.25, 0.3) is 0 Å². The van der Waals surface area contributed by atoms with Crippen molar-refractivity contribution in [1.82, 2.24) is 9.78 Å². The van der Waals surface area contributed by atoms with Crippen molar-refractivity contribution in [3.63, 3.8) is 0 Å². The average Bonchev–Trinajstić information content (AvgIpc) is 2.88. The van der Waals surface area contributed by atoms with Crippen LogP contribution < -0.4 is 5.73 Å². The molecule has 0 saturated heterocycles. The molecule has 0 aliphatic heterocycles. The Labute approximate surface area is 130 Å². The van der Waals surface area contributed by atoms with E-state index >= 15 is 0 Å². The summed E-state index contributed by atoms with van der Waals surface area (Å²) in [6.45, 7) is 4.30. The first-order chi connectivity index (χ1) is 10.0. The molecule has 0 aliphatic carbocycles. The lowest BCUT2D eigenvalue weighted by molar-refractivity contribution is 0.177. The number of rotatable bonds is 6. The third-order valence-electron chi connectivity index (χ3n) is 3.79. The van der Waals surface area contributed by atoms with E-state index in [1.54, 1.807) is 18.2 Å². The predicted molar refractivity (Wildman–Crippen MR) is 86.4 cm³/mol. The van der Waals surface area contributed by atoms with Crippen molar-refractivity contribution in [3.05, 3.63) is 46.7 Å². The minimum absolute atomic E-state index is 0.413. The zero-order valence-corrected chi connectivity index (χ0v) is 13.2. The number of nitrogens with two attached hydrogens (primary N) is 1. The fourth-order valence-electron chi connectivity index (χ4n) is 2.51. The number of nitrogens with zero attached hydrogens (tertiary/aromatic N) is 2. The van der Waals surface area contributed by atoms with Crippen LogP contribution in [0.5, 0.6) is 0 Å². The summed E-state index contributed by atoms with van der Waals surface area (Å²) in [5.74, 6) is 0. The van der Waals surface area contributed by atoms with Crippen LogP contribution in [0.15, 0.2) is 30.5 Å². The molecule has 0 spiro atoms. The molecule has 1 heterocycles. The lowest BCUT2D eigenvalue weighted by Gasteiger charge is -2.14. The zero-order chi connectivity index (χ0) is 15.4. The summed E-state index contributed by atoms with van der Waals surface area (Å²) < 4.78 is 1.98. The molecule has 0 radical (unpaired) electrons. The standard InChI is InChI=1S/C16H22ClN3O/c1-3-13(4-2)20-8-7-12(19-20)10-16(21)14-6-5-11(17)9-15(14)18/h5-9,13,16,21H,3-4,10,18H2,1-2H3. The second kappa shape index (κ2) is 6.96. The first-order valence-corrected chi connectivity index (χ1v) is 7.70. The molecule has 0 aliphatic rings. The Bertz CT molecular complexity index is 593. The first kappa shape index (κ1) is 15.9. The van der Waals surface area contributed by atoms with Gasteiger partial charge in [0.1, 0.15) is 0 Å². The third-order valence-corrected chi connectivity index (χ3v) is 4.03. The smallest absolute Gasteiger partial charge is 0.0865 e. The summed E-state index contributed by atoms with van der Waals surface area (Å²) >= 11 is 5.87. The van der Waals surface area contributed by atoms with Gasteiger partial charge in [-0.05, 0) is 31.0 Å². The van der Waals surface area contributed by atoms with Crippen LogP contribution in [0.1, 0.15) is 50.1 Å². The van der Waals surface area contributed by atoms with Crippen LogP contribution in [0.4, 0.5) is 5.69 Å². The van der Waals surface area contributed by atoms with Crippen LogP contribution in [0.2, 0.25) is 5.02 Å². The summed E-state index contributed by atoms with van der Waals surface area (Å²) in [4.78, 5) is 0. The highest BCUT2D eigenvalue weighted by molar-refractivity contribution is 6.30. The van der Waals surface area contributed by atoms with Gasteiger partial charge in [-0.1, -0.05) is 31.5 Å². The SMILES string of the molecule is CCC(CC)n1ccc(CC(O)c2ccc(Cl)cc2N)n1. The van der Waals surface area contributed by atoms with Gasteiger partial charge in [0.25, 0.3) is 0 Å². The summed E-state index contributed by atoms with van der Waals surface area (Å²) in [6, 6.07) is 7.52. The molecule has 1 atom stereocenters. The van der Waals surface area contributed by atoms with Gasteiger partial charge in [-0.2, -0.15) is 5.10 Å². The molecule has 1 aromatic carbocycles. The number of anilines is 1. The van der Waals surface area contributed by atoms with Gasteiger partial charge in [-0.15, -0.1) is 0 Å². The molecule has 2 rings (SSSR count). The van der Waals surface area contributed by atoms with E-state index in [0.717, 1.165) is 18.5 Å². The van der Waals surface area contributed by atoms with E-state index < -0.39 is 6.10 Å². The fourth-order valence-corrected chi connectivity index (χ4v) is 2.69. The van der Waals surface area contributed by atoms with E-state index in [1.165, 1.54) is 0 Å². The number of nitrogen functional groups attached to an aromatic ring is 1. The first-order valence-electron chi connectivity index (χ1n) is 7.32. The van der Waals surface area contributed by atoms with Gasteiger partial charge in [0.05, 0.1) is 17.8 Å². The molecule has 5 heteroatoms. The predicted octanol–water partition coefficient (Wildman–Crippen LogP) is 3.76. The number of hydrogen-bond acceptors (Lipinski definition) is 3. The maximum Gasteiger partial charge on any atom is 0.0865 e. The van der Waals surface area contributed by atoms with Crippen LogP contribution in [0.3, 0.4) is 0 Å². The van der Waals surface area contributed by atoms with Gasteiger partial charge in [-0.3, -0.25) is 4.68 Å². The number of aliphatic hydroxyl groups excluding tert-OH is 1. The van der Waals surface area contributed by atoms with Gasteiger partial charge in [0.15, 0.2) is 0 Å². The Morgan fingerprint density at radius 1 is 1.29 bits per heavy atom. The maximum absolute atomic E-state index is 10.3. The van der Waals surface area contributed by atoms with Crippen molar-refractivity contribution in [3.8, 4) is 0 Å². The average molecular weight is 308 g/mol. The van der Waals surface area contributed by atoms with Gasteiger partial charge < -0.3 is 10.8 Å². The third kappa shape index (κ3) is 3.77. The molecule has 0 bridgehead atoms. The summed E-state index contributed by atoms with van der Waals surface area (Å²) in [7, 11) is 0. The Balaban J connectivity index is 2.11. The van der Waals surface area contributed by atoms with Crippen LogP contribution in [-0.2, 0) is 6.42 Å². The van der Waals surface area contributed by atoms with Crippen molar-refractivity contribution >= 4 is 17.3 Å². The molecule has 3 N–H and O–H groups in total. The summed E-state index contributed by atoms with van der Waals surface area (Å²) in [5.41, 5.74) is 7.97. The molecule has 0 amide bonds. The largest absolute Gasteiger partial charge is 0.398 e. The molecule has 2 aromatic rings. The van der Waals surface area contributed by atoms with E-state index in [-0.39, 0.29) is 0 Å². The molecule has 1 aromatic heterocycles. The summed E-state index contributed by atoms with van der Waals surface area (Å²) in [6.07, 6.45) is 3.84.